The van der Waals surface area contributed by atoms with E-state index in [-0.39, 0.29) is 30.8 Å². The molecule has 1 aliphatic heterocycles. The molecule has 11 atom stereocenters. The van der Waals surface area contributed by atoms with Crippen LogP contribution in [0.4, 0.5) is 14.5 Å². The van der Waals surface area contributed by atoms with Crippen LogP contribution in [0.1, 0.15) is 68.9 Å². The van der Waals surface area contributed by atoms with Gasteiger partial charge in [-0.05, 0) is 73.1 Å². The Morgan fingerprint density at radius 2 is 1.85 bits per heavy atom. The van der Waals surface area contributed by atoms with Crippen molar-refractivity contribution in [3.63, 3.8) is 0 Å². The highest BCUT2D eigenvalue weighted by atomic mass is 19.1. The van der Waals surface area contributed by atoms with Gasteiger partial charge in [0, 0.05) is 41.0 Å². The molecule has 0 spiro atoms. The number of fused-ring (bicyclic) bond motifs is 7. The summed E-state index contributed by atoms with van der Waals surface area (Å²) in [6.45, 7) is 4.63. The largest absolute Gasteiger partial charge is 0.390 e. The average molecular weight is 634 g/mol. The minimum absolute atomic E-state index is 0.0424. The summed E-state index contributed by atoms with van der Waals surface area (Å²) in [6, 6.07) is 16.0. The molecule has 7 nitrogen and oxygen atoms in total. The molecule has 2 aromatic carbocycles. The lowest BCUT2D eigenvalue weighted by Crippen LogP contribution is -2.70. The highest BCUT2D eigenvalue weighted by Gasteiger charge is 2.80. The molecule has 3 saturated carbocycles. The van der Waals surface area contributed by atoms with Gasteiger partial charge in [-0.3, -0.25) is 9.59 Å². The van der Waals surface area contributed by atoms with E-state index in [9.17, 15) is 19.8 Å². The third-order valence-corrected chi connectivity index (χ3v) is 12.3. The van der Waals surface area contributed by atoms with Crippen LogP contribution < -0.4 is 5.32 Å². The number of halogens is 2. The Bertz CT molecular complexity index is 1640. The van der Waals surface area contributed by atoms with Crippen molar-refractivity contribution in [2.75, 3.05) is 19.0 Å². The van der Waals surface area contributed by atoms with Gasteiger partial charge in [0.05, 0.1) is 12.2 Å². The quantitative estimate of drug-likeness (QED) is 0.385. The Balaban J connectivity index is 1.21. The van der Waals surface area contributed by atoms with Gasteiger partial charge in [0.15, 0.2) is 29.1 Å². The van der Waals surface area contributed by atoms with Crippen LogP contribution in [0, 0.1) is 22.7 Å². The van der Waals surface area contributed by atoms with Crippen LogP contribution in [-0.2, 0) is 19.1 Å². The van der Waals surface area contributed by atoms with E-state index in [1.165, 1.54) is 12.2 Å². The minimum Gasteiger partial charge on any atom is -0.390 e. The Morgan fingerprint density at radius 3 is 2.54 bits per heavy atom. The van der Waals surface area contributed by atoms with Gasteiger partial charge < -0.3 is 25.0 Å². The number of rotatable bonds is 6. The first kappa shape index (κ1) is 31.4. The van der Waals surface area contributed by atoms with E-state index < -0.39 is 76.8 Å². The molecule has 2 aromatic rings. The Morgan fingerprint density at radius 1 is 1.11 bits per heavy atom. The maximum absolute atomic E-state index is 17.6. The summed E-state index contributed by atoms with van der Waals surface area (Å²) in [4.78, 5) is 25.9. The van der Waals surface area contributed by atoms with Gasteiger partial charge in [0.25, 0.3) is 0 Å². The third-order valence-electron chi connectivity index (χ3n) is 12.3. The molecule has 7 rings (SSSR count). The molecular weight excluding hydrogens is 592 g/mol. The van der Waals surface area contributed by atoms with E-state index in [0.717, 1.165) is 22.9 Å². The van der Waals surface area contributed by atoms with Gasteiger partial charge in [-0.25, -0.2) is 8.78 Å². The number of ether oxygens (including phenoxy) is 2. The number of hydrogen-bond acceptors (Lipinski definition) is 7. The van der Waals surface area contributed by atoms with Crippen LogP contribution in [0.15, 0.2) is 72.3 Å². The number of aliphatic hydroxyl groups excluding tert-OH is 2. The number of Topliss-reactive ketones (excluding diaryl/α,β-unsaturated/α-hetero) is 1. The zero-order valence-corrected chi connectivity index (χ0v) is 26.5. The fourth-order valence-corrected chi connectivity index (χ4v) is 9.81. The smallest absolute Gasteiger partial charge is 0.193 e. The summed E-state index contributed by atoms with van der Waals surface area (Å²) in [7, 11) is 1.88. The molecule has 46 heavy (non-hydrogen) atoms. The number of hydrogen-bond donors (Lipinski definition) is 3. The topological polar surface area (TPSA) is 105 Å². The number of carbonyl (C=O) groups is 2. The van der Waals surface area contributed by atoms with Crippen molar-refractivity contribution in [1.29, 1.82) is 0 Å². The summed E-state index contributed by atoms with van der Waals surface area (Å²) >= 11 is 0. The second kappa shape index (κ2) is 10.6. The van der Waals surface area contributed by atoms with Gasteiger partial charge in [0.1, 0.15) is 12.8 Å². The lowest BCUT2D eigenvalue weighted by Gasteiger charge is -2.63. The predicted molar refractivity (Wildman–Crippen MR) is 167 cm³/mol. The zero-order chi connectivity index (χ0) is 32.8. The fraction of sp³-hybridized carbons (Fsp3) is 0.514. The summed E-state index contributed by atoms with van der Waals surface area (Å²) < 4.78 is 46.5. The van der Waals surface area contributed by atoms with Gasteiger partial charge in [0.2, 0.25) is 0 Å². The molecule has 3 N–H and O–H groups in total. The molecule has 9 heteroatoms. The number of carbonyl (C=O) groups excluding carboxylic acids is 2. The van der Waals surface area contributed by atoms with Gasteiger partial charge in [-0.2, -0.15) is 0 Å². The molecule has 0 aromatic heterocycles. The molecule has 0 bridgehead atoms. The predicted octanol–water partition coefficient (Wildman–Crippen LogP) is 5.52. The number of nitrogens with one attached hydrogen (secondary N) is 1. The summed E-state index contributed by atoms with van der Waals surface area (Å²) in [5.41, 5.74) is -2.66. The minimum atomic E-state index is -2.29. The van der Waals surface area contributed by atoms with Gasteiger partial charge in [-0.15, -0.1) is 0 Å². The van der Waals surface area contributed by atoms with Crippen LogP contribution in [0.5, 0.6) is 0 Å². The Labute approximate surface area is 267 Å². The maximum Gasteiger partial charge on any atom is 0.193 e. The van der Waals surface area contributed by atoms with E-state index >= 15 is 8.78 Å². The second-order valence-electron chi connectivity index (χ2n) is 14.3. The van der Waals surface area contributed by atoms with Gasteiger partial charge in [-0.1, -0.05) is 56.3 Å². The summed E-state index contributed by atoms with van der Waals surface area (Å²) in [5.74, 6) is -2.48. The van der Waals surface area contributed by atoms with Crippen LogP contribution in [-0.4, -0.2) is 65.1 Å². The lowest BCUT2D eigenvalue weighted by atomic mass is 9.44. The van der Waals surface area contributed by atoms with Crippen LogP contribution in [0.2, 0.25) is 0 Å². The fourth-order valence-electron chi connectivity index (χ4n) is 9.81. The van der Waals surface area contributed by atoms with Crippen LogP contribution in [0.25, 0.3) is 0 Å². The molecule has 0 radical (unpaired) electrons. The highest BCUT2D eigenvalue weighted by Crippen LogP contribution is 2.72. The van der Waals surface area contributed by atoms with Crippen molar-refractivity contribution < 1.29 is 38.1 Å². The first-order valence-electron chi connectivity index (χ1n) is 16.2. The van der Waals surface area contributed by atoms with E-state index in [1.54, 1.807) is 13.8 Å². The third kappa shape index (κ3) is 4.01. The van der Waals surface area contributed by atoms with Crippen molar-refractivity contribution in [3.05, 3.63) is 89.0 Å². The van der Waals surface area contributed by atoms with Gasteiger partial charge >= 0.3 is 0 Å². The van der Waals surface area contributed by atoms with Crippen molar-refractivity contribution >= 4 is 17.3 Å². The number of benzene rings is 2. The molecule has 1 heterocycles. The Kier molecular flexibility index (Phi) is 7.25. The molecule has 5 aliphatic rings. The van der Waals surface area contributed by atoms with E-state index in [1.807, 2.05) is 43.4 Å². The summed E-state index contributed by atoms with van der Waals surface area (Å²) in [5, 5.41) is 25.1. The zero-order valence-electron chi connectivity index (χ0n) is 26.5. The Hall–Kier alpha value is -3.24. The number of alkyl halides is 2. The molecule has 1 saturated heterocycles. The molecule has 0 amide bonds. The molecule has 4 fully saturated rings. The van der Waals surface area contributed by atoms with Crippen LogP contribution in [0.3, 0.4) is 0 Å². The van der Waals surface area contributed by atoms with E-state index in [4.69, 9.17) is 9.47 Å². The molecular formula is C37H41F2NO6. The van der Waals surface area contributed by atoms with Crippen molar-refractivity contribution in [1.82, 2.24) is 0 Å². The average Bonchev–Trinajstić information content (AvgIpc) is 3.56. The first-order valence-corrected chi connectivity index (χ1v) is 16.2. The first-order chi connectivity index (χ1) is 21.8. The number of aliphatic hydroxyl groups is 2. The molecule has 0 unspecified atom stereocenters. The molecule has 244 valence electrons. The van der Waals surface area contributed by atoms with Crippen molar-refractivity contribution in [2.45, 2.75) is 81.9 Å². The SMILES string of the molecule is CNc1cccc([C@@H](C)c2ccc([C@@H]3O[C@@H]4C[C@H]5[C@@H]6C[C@H](F)C7=CC(=O)C=C[C@]7(C)[C@@]6(F)[C@@H](O)C[C@]5(C)[C@]4(C(=O)CO)O3)cc2)c1. The van der Waals surface area contributed by atoms with E-state index in [0.29, 0.717) is 5.56 Å². The number of allylic oxidation sites excluding steroid dienone is 4. The van der Waals surface area contributed by atoms with E-state index in [2.05, 4.69) is 24.4 Å². The normalized spacial score (nSPS) is 41.6. The lowest BCUT2D eigenvalue weighted by molar-refractivity contribution is -0.235. The highest BCUT2D eigenvalue weighted by molar-refractivity contribution is 6.01. The summed E-state index contributed by atoms with van der Waals surface area (Å²) in [6.07, 6.45) is -1.37. The number of ketones is 2. The maximum atomic E-state index is 17.6. The van der Waals surface area contributed by atoms with Crippen LogP contribution >= 0.6 is 0 Å². The standard InChI is InChI=1S/C37H41F2NO6/c1-20(23-6-5-7-24(14-23)40-4)21-8-10-22(11-9-21)33-45-32-17-26-27-16-29(38)28-15-25(42)12-13-34(28,2)36(27,39)30(43)18-35(26,3)37(32,46-33)31(44)19-41/h5-15,20,26-27,29-30,32-33,40-41,43H,16-19H2,1-4H3/t20-,26-,27-,29-,30-,32+,33+,34-,35-,36-,37+/m0/s1. The molecule has 4 aliphatic carbocycles. The second-order valence-corrected chi connectivity index (χ2v) is 14.3. The number of anilines is 1. The van der Waals surface area contributed by atoms with Crippen molar-refractivity contribution in [3.8, 4) is 0 Å². The monoisotopic (exact) mass is 633 g/mol. The van der Waals surface area contributed by atoms with Crippen molar-refractivity contribution in [2.24, 2.45) is 22.7 Å².